The zero-order chi connectivity index (χ0) is 20.9. The molecule has 1 fully saturated rings. The van der Waals surface area contributed by atoms with Gasteiger partial charge in [-0.1, -0.05) is 18.2 Å². The summed E-state index contributed by atoms with van der Waals surface area (Å²) in [6, 6.07) is 7.13. The highest BCUT2D eigenvalue weighted by Gasteiger charge is 2.28. The molecule has 3 rings (SSSR count). The van der Waals surface area contributed by atoms with Crippen LogP contribution in [0, 0.1) is 5.82 Å². The Bertz CT molecular complexity index is 985. The molecule has 0 unspecified atom stereocenters. The number of ether oxygens (including phenoxy) is 2. The van der Waals surface area contributed by atoms with Gasteiger partial charge in [0.05, 0.1) is 13.2 Å². The summed E-state index contributed by atoms with van der Waals surface area (Å²) >= 11 is 0. The molecule has 1 amide bonds. The SMILES string of the molecule is O=C(COC(=O)c1cc(S(=O)(=O)N2CCOCC2)c[nH]1)NCc1ccccc1F. The Morgan fingerprint density at radius 1 is 1.24 bits per heavy atom. The number of morpholine rings is 1. The third kappa shape index (κ3) is 5.19. The van der Waals surface area contributed by atoms with Crippen LogP contribution in [0.3, 0.4) is 0 Å². The highest BCUT2D eigenvalue weighted by Crippen LogP contribution is 2.18. The number of nitrogens with zero attached hydrogens (tertiary/aromatic N) is 1. The Labute approximate surface area is 166 Å². The molecule has 2 heterocycles. The lowest BCUT2D eigenvalue weighted by Gasteiger charge is -2.25. The van der Waals surface area contributed by atoms with Crippen molar-refractivity contribution in [1.29, 1.82) is 0 Å². The van der Waals surface area contributed by atoms with E-state index in [4.69, 9.17) is 9.47 Å². The van der Waals surface area contributed by atoms with Gasteiger partial charge < -0.3 is 19.8 Å². The van der Waals surface area contributed by atoms with Gasteiger partial charge in [0.15, 0.2) is 6.61 Å². The van der Waals surface area contributed by atoms with Gasteiger partial charge in [-0.05, 0) is 12.1 Å². The van der Waals surface area contributed by atoms with Crippen molar-refractivity contribution in [2.24, 2.45) is 0 Å². The average molecular weight is 425 g/mol. The maximum Gasteiger partial charge on any atom is 0.355 e. The van der Waals surface area contributed by atoms with Crippen LogP contribution < -0.4 is 5.32 Å². The molecule has 0 saturated carbocycles. The van der Waals surface area contributed by atoms with Crippen LogP contribution in [0.25, 0.3) is 0 Å². The molecule has 1 aliphatic heterocycles. The summed E-state index contributed by atoms with van der Waals surface area (Å²) in [5, 5.41) is 2.44. The fraction of sp³-hybridized carbons (Fsp3) is 0.333. The van der Waals surface area contributed by atoms with Crippen molar-refractivity contribution >= 4 is 21.9 Å². The molecular weight excluding hydrogens is 405 g/mol. The van der Waals surface area contributed by atoms with Gasteiger partial charge in [0.2, 0.25) is 10.0 Å². The van der Waals surface area contributed by atoms with Gasteiger partial charge in [0.25, 0.3) is 5.91 Å². The van der Waals surface area contributed by atoms with E-state index in [2.05, 4.69) is 10.3 Å². The smallest absolute Gasteiger partial charge is 0.355 e. The molecule has 9 nitrogen and oxygen atoms in total. The first-order chi connectivity index (χ1) is 13.9. The molecule has 0 aliphatic carbocycles. The first-order valence-electron chi connectivity index (χ1n) is 8.81. The van der Waals surface area contributed by atoms with Crippen LogP contribution in [0.1, 0.15) is 16.1 Å². The maximum absolute atomic E-state index is 13.5. The summed E-state index contributed by atoms with van der Waals surface area (Å²) in [4.78, 5) is 26.3. The van der Waals surface area contributed by atoms with E-state index >= 15 is 0 Å². The minimum absolute atomic E-state index is 0.0481. The summed E-state index contributed by atoms with van der Waals surface area (Å²) in [5.74, 6) is -1.95. The third-order valence-corrected chi connectivity index (χ3v) is 6.13. The van der Waals surface area contributed by atoms with Crippen LogP contribution in [0.2, 0.25) is 0 Å². The van der Waals surface area contributed by atoms with E-state index in [1.54, 1.807) is 6.07 Å². The predicted octanol–water partition coefficient (Wildman–Crippen LogP) is 0.648. The first-order valence-corrected chi connectivity index (χ1v) is 10.3. The second-order valence-corrected chi connectivity index (χ2v) is 8.15. The molecule has 0 spiro atoms. The van der Waals surface area contributed by atoms with E-state index in [0.29, 0.717) is 18.8 Å². The van der Waals surface area contributed by atoms with Crippen molar-refractivity contribution in [3.05, 3.63) is 53.6 Å². The highest BCUT2D eigenvalue weighted by molar-refractivity contribution is 7.89. The lowest BCUT2D eigenvalue weighted by atomic mass is 10.2. The zero-order valence-corrected chi connectivity index (χ0v) is 16.2. The molecule has 11 heteroatoms. The third-order valence-electron chi connectivity index (χ3n) is 4.25. The second kappa shape index (κ2) is 9.16. The minimum atomic E-state index is -3.75. The largest absolute Gasteiger partial charge is 0.451 e. The molecule has 0 bridgehead atoms. The number of sulfonamides is 1. The predicted molar refractivity (Wildman–Crippen MR) is 98.9 cm³/mol. The zero-order valence-electron chi connectivity index (χ0n) is 15.4. The van der Waals surface area contributed by atoms with Crippen LogP contribution in [0.5, 0.6) is 0 Å². The Kier molecular flexibility index (Phi) is 6.62. The maximum atomic E-state index is 13.5. The van der Waals surface area contributed by atoms with Crippen LogP contribution in [0.4, 0.5) is 4.39 Å². The average Bonchev–Trinajstić information content (AvgIpc) is 3.23. The van der Waals surface area contributed by atoms with Crippen molar-refractivity contribution in [3.8, 4) is 0 Å². The summed E-state index contributed by atoms with van der Waals surface area (Å²) in [6.45, 7) is 0.442. The van der Waals surface area contributed by atoms with Gasteiger partial charge in [-0.15, -0.1) is 0 Å². The Morgan fingerprint density at radius 3 is 2.69 bits per heavy atom. The second-order valence-electron chi connectivity index (χ2n) is 6.21. The molecule has 2 aromatic rings. The number of amides is 1. The summed E-state index contributed by atoms with van der Waals surface area (Å²) in [6.07, 6.45) is 1.19. The van der Waals surface area contributed by atoms with Gasteiger partial charge in [-0.2, -0.15) is 4.31 Å². The molecule has 1 aromatic carbocycles. The van der Waals surface area contributed by atoms with E-state index in [1.165, 1.54) is 28.7 Å². The fourth-order valence-corrected chi connectivity index (χ4v) is 4.08. The van der Waals surface area contributed by atoms with E-state index < -0.39 is 34.3 Å². The summed E-state index contributed by atoms with van der Waals surface area (Å²) in [5.41, 5.74) is 0.202. The first kappa shape index (κ1) is 21.0. The van der Waals surface area contributed by atoms with Crippen molar-refractivity contribution in [2.45, 2.75) is 11.4 Å². The standard InChI is InChI=1S/C18H20FN3O6S/c19-15-4-2-1-3-13(15)10-21-17(23)12-28-18(24)16-9-14(11-20-16)29(25,26)22-5-7-27-8-6-22/h1-4,9,11,20H,5-8,10,12H2,(H,21,23). The van der Waals surface area contributed by atoms with Crippen molar-refractivity contribution in [3.63, 3.8) is 0 Å². The van der Waals surface area contributed by atoms with E-state index in [-0.39, 0.29) is 30.2 Å². The Morgan fingerprint density at radius 2 is 1.97 bits per heavy atom. The van der Waals surface area contributed by atoms with Gasteiger partial charge in [-0.3, -0.25) is 4.79 Å². The van der Waals surface area contributed by atoms with E-state index in [0.717, 1.165) is 6.07 Å². The number of aromatic nitrogens is 1. The lowest BCUT2D eigenvalue weighted by Crippen LogP contribution is -2.40. The topological polar surface area (TPSA) is 118 Å². The molecule has 1 aliphatic rings. The summed E-state index contributed by atoms with van der Waals surface area (Å²) < 4.78 is 49.9. The van der Waals surface area contributed by atoms with E-state index in [9.17, 15) is 22.4 Å². The molecule has 156 valence electrons. The number of H-pyrrole nitrogens is 1. The summed E-state index contributed by atoms with van der Waals surface area (Å²) in [7, 11) is -3.75. The molecule has 29 heavy (non-hydrogen) atoms. The molecule has 1 aromatic heterocycles. The van der Waals surface area contributed by atoms with Gasteiger partial charge in [0.1, 0.15) is 16.4 Å². The monoisotopic (exact) mass is 425 g/mol. The van der Waals surface area contributed by atoms with Crippen LogP contribution in [-0.2, 0) is 30.8 Å². The van der Waals surface area contributed by atoms with Crippen LogP contribution >= 0.6 is 0 Å². The quantitative estimate of drug-likeness (QED) is 0.629. The van der Waals surface area contributed by atoms with E-state index in [1.807, 2.05) is 0 Å². The number of carbonyl (C=O) groups excluding carboxylic acids is 2. The van der Waals surface area contributed by atoms with Gasteiger partial charge in [0, 0.05) is 31.4 Å². The number of carbonyl (C=O) groups is 2. The number of aromatic amines is 1. The normalized spacial score (nSPS) is 15.1. The van der Waals surface area contributed by atoms with Crippen molar-refractivity contribution in [2.75, 3.05) is 32.9 Å². The number of benzene rings is 1. The molecule has 0 radical (unpaired) electrons. The molecule has 0 atom stereocenters. The number of hydrogen-bond acceptors (Lipinski definition) is 6. The van der Waals surface area contributed by atoms with Crippen LogP contribution in [0.15, 0.2) is 41.4 Å². The van der Waals surface area contributed by atoms with Crippen molar-refractivity contribution < 1.29 is 31.9 Å². The number of esters is 1. The number of hydrogen-bond donors (Lipinski definition) is 2. The van der Waals surface area contributed by atoms with Crippen LogP contribution in [-0.4, -0.2) is 62.5 Å². The van der Waals surface area contributed by atoms with Gasteiger partial charge in [-0.25, -0.2) is 17.6 Å². The minimum Gasteiger partial charge on any atom is -0.451 e. The number of nitrogens with one attached hydrogen (secondary N) is 2. The fourth-order valence-electron chi connectivity index (χ4n) is 2.67. The number of halogens is 1. The number of rotatable bonds is 7. The van der Waals surface area contributed by atoms with Crippen molar-refractivity contribution in [1.82, 2.24) is 14.6 Å². The Hall–Kier alpha value is -2.76. The molecular formula is C18H20FN3O6S. The Balaban J connectivity index is 1.52. The lowest BCUT2D eigenvalue weighted by molar-refractivity contribution is -0.124. The van der Waals surface area contributed by atoms with Gasteiger partial charge >= 0.3 is 5.97 Å². The molecule has 1 saturated heterocycles. The highest BCUT2D eigenvalue weighted by atomic mass is 32.2. The molecule has 2 N–H and O–H groups in total.